The van der Waals surface area contributed by atoms with Crippen molar-refractivity contribution in [3.8, 4) is 0 Å². The summed E-state index contributed by atoms with van der Waals surface area (Å²) < 4.78 is 6.67. The molecule has 3 N–H and O–H groups in total. The van der Waals surface area contributed by atoms with Gasteiger partial charge in [-0.1, -0.05) is 22.9 Å². The maximum Gasteiger partial charge on any atom is 0.124 e. The van der Waals surface area contributed by atoms with Crippen LogP contribution in [0.4, 0.5) is 5.69 Å². The maximum atomic E-state index is 7.67. The van der Waals surface area contributed by atoms with E-state index in [0.29, 0.717) is 0 Å². The van der Waals surface area contributed by atoms with E-state index in [2.05, 4.69) is 27.8 Å². The van der Waals surface area contributed by atoms with Gasteiger partial charge in [0.2, 0.25) is 0 Å². The van der Waals surface area contributed by atoms with Crippen LogP contribution in [0.1, 0.15) is 18.9 Å². The molecule has 18 heavy (non-hydrogen) atoms. The molecule has 1 unspecified atom stereocenters. The van der Waals surface area contributed by atoms with E-state index in [1.165, 1.54) is 0 Å². The fourth-order valence-corrected chi connectivity index (χ4v) is 2.53. The van der Waals surface area contributed by atoms with Crippen LogP contribution in [0.5, 0.6) is 0 Å². The summed E-state index contributed by atoms with van der Waals surface area (Å²) in [7, 11) is 0. The van der Waals surface area contributed by atoms with Crippen LogP contribution in [-0.4, -0.2) is 31.6 Å². The fourth-order valence-electron chi connectivity index (χ4n) is 2.18. The number of anilines is 1. The molecule has 0 spiro atoms. The van der Waals surface area contributed by atoms with Gasteiger partial charge in [-0.05, 0) is 24.6 Å². The SMILES string of the molecule is CCC1CN(c2cc(Br)ccc2C(=N)N)CCO1. The quantitative estimate of drug-likeness (QED) is 0.665. The van der Waals surface area contributed by atoms with Gasteiger partial charge < -0.3 is 15.4 Å². The van der Waals surface area contributed by atoms with E-state index in [1.54, 1.807) is 0 Å². The molecule has 0 aliphatic carbocycles. The molecule has 0 saturated carbocycles. The van der Waals surface area contributed by atoms with Gasteiger partial charge in [0.15, 0.2) is 0 Å². The Hall–Kier alpha value is -1.07. The summed E-state index contributed by atoms with van der Waals surface area (Å²) in [5, 5.41) is 7.67. The number of morpholine rings is 1. The number of hydrogen-bond acceptors (Lipinski definition) is 3. The first-order valence-electron chi connectivity index (χ1n) is 6.12. The van der Waals surface area contributed by atoms with Gasteiger partial charge >= 0.3 is 0 Å². The minimum absolute atomic E-state index is 0.108. The summed E-state index contributed by atoms with van der Waals surface area (Å²) in [4.78, 5) is 2.25. The smallest absolute Gasteiger partial charge is 0.124 e. The summed E-state index contributed by atoms with van der Waals surface area (Å²) >= 11 is 3.48. The zero-order chi connectivity index (χ0) is 13.1. The minimum Gasteiger partial charge on any atom is -0.384 e. The van der Waals surface area contributed by atoms with E-state index in [9.17, 15) is 0 Å². The number of nitrogens with two attached hydrogens (primary N) is 1. The Kier molecular flexibility index (Phi) is 4.24. The van der Waals surface area contributed by atoms with E-state index in [-0.39, 0.29) is 11.9 Å². The van der Waals surface area contributed by atoms with Crippen LogP contribution in [0, 0.1) is 5.41 Å². The van der Waals surface area contributed by atoms with Crippen molar-refractivity contribution in [2.24, 2.45) is 5.73 Å². The predicted molar refractivity (Wildman–Crippen MR) is 77.4 cm³/mol. The van der Waals surface area contributed by atoms with Gasteiger partial charge in [0, 0.05) is 28.8 Å². The predicted octanol–water partition coefficient (Wildman–Crippen LogP) is 2.35. The third kappa shape index (κ3) is 2.84. The van der Waals surface area contributed by atoms with Crippen LogP contribution in [0.15, 0.2) is 22.7 Å². The first-order valence-corrected chi connectivity index (χ1v) is 6.91. The Labute approximate surface area is 116 Å². The topological polar surface area (TPSA) is 62.3 Å². The largest absolute Gasteiger partial charge is 0.384 e. The molecule has 1 atom stereocenters. The van der Waals surface area contributed by atoms with Gasteiger partial charge in [-0.2, -0.15) is 0 Å². The molecule has 1 aliphatic rings. The first kappa shape index (κ1) is 13.4. The highest BCUT2D eigenvalue weighted by Crippen LogP contribution is 2.27. The van der Waals surface area contributed by atoms with Crippen molar-refractivity contribution in [3.05, 3.63) is 28.2 Å². The number of amidine groups is 1. The first-order chi connectivity index (χ1) is 8.61. The molecule has 1 aliphatic heterocycles. The van der Waals surface area contributed by atoms with Crippen molar-refractivity contribution in [2.75, 3.05) is 24.6 Å². The normalized spacial score (nSPS) is 19.9. The van der Waals surface area contributed by atoms with Crippen molar-refractivity contribution >= 4 is 27.5 Å². The molecule has 0 amide bonds. The molecule has 1 aromatic rings. The van der Waals surface area contributed by atoms with Crippen LogP contribution in [-0.2, 0) is 4.74 Å². The van der Waals surface area contributed by atoms with Gasteiger partial charge in [-0.25, -0.2) is 0 Å². The molecule has 2 rings (SSSR count). The zero-order valence-corrected chi connectivity index (χ0v) is 12.0. The van der Waals surface area contributed by atoms with Crippen molar-refractivity contribution in [2.45, 2.75) is 19.4 Å². The molecule has 0 radical (unpaired) electrons. The number of hydrogen-bond donors (Lipinski definition) is 2. The highest BCUT2D eigenvalue weighted by Gasteiger charge is 2.21. The summed E-state index contributed by atoms with van der Waals surface area (Å²) in [6, 6.07) is 5.82. The van der Waals surface area contributed by atoms with E-state index in [1.807, 2.05) is 18.2 Å². The lowest BCUT2D eigenvalue weighted by molar-refractivity contribution is 0.0384. The van der Waals surface area contributed by atoms with Crippen molar-refractivity contribution in [3.63, 3.8) is 0 Å². The second-order valence-electron chi connectivity index (χ2n) is 4.42. The molecular formula is C13H18BrN3O. The molecule has 1 heterocycles. The number of halogens is 1. The number of ether oxygens (including phenoxy) is 1. The minimum atomic E-state index is 0.108. The van der Waals surface area contributed by atoms with E-state index >= 15 is 0 Å². The lowest BCUT2D eigenvalue weighted by Crippen LogP contribution is -2.43. The van der Waals surface area contributed by atoms with E-state index in [4.69, 9.17) is 15.9 Å². The van der Waals surface area contributed by atoms with Gasteiger partial charge in [0.1, 0.15) is 5.84 Å². The van der Waals surface area contributed by atoms with Gasteiger partial charge in [0.05, 0.1) is 12.7 Å². The maximum absolute atomic E-state index is 7.67. The van der Waals surface area contributed by atoms with Crippen LogP contribution in [0.25, 0.3) is 0 Å². The molecular weight excluding hydrogens is 294 g/mol. The molecule has 1 aromatic carbocycles. The Morgan fingerprint density at radius 2 is 2.39 bits per heavy atom. The Balaban J connectivity index is 2.31. The lowest BCUT2D eigenvalue weighted by atomic mass is 10.1. The number of rotatable bonds is 3. The molecule has 4 nitrogen and oxygen atoms in total. The van der Waals surface area contributed by atoms with Gasteiger partial charge in [-0.15, -0.1) is 0 Å². The van der Waals surface area contributed by atoms with E-state index in [0.717, 1.165) is 41.8 Å². The van der Waals surface area contributed by atoms with E-state index < -0.39 is 0 Å². The average molecular weight is 312 g/mol. The van der Waals surface area contributed by atoms with Crippen molar-refractivity contribution in [1.29, 1.82) is 5.41 Å². The standard InChI is InChI=1S/C13H18BrN3O/c1-2-10-8-17(5-6-18-10)12-7-9(14)3-4-11(12)13(15)16/h3-4,7,10H,2,5-6,8H2,1H3,(H3,15,16). The van der Waals surface area contributed by atoms with Crippen LogP contribution >= 0.6 is 15.9 Å². The highest BCUT2D eigenvalue weighted by atomic mass is 79.9. The molecule has 98 valence electrons. The summed E-state index contributed by atoms with van der Waals surface area (Å²) in [6.45, 7) is 4.55. The number of nitrogens with one attached hydrogen (secondary N) is 1. The van der Waals surface area contributed by atoms with Crippen molar-refractivity contribution in [1.82, 2.24) is 0 Å². The Morgan fingerprint density at radius 3 is 3.06 bits per heavy atom. The molecule has 5 heteroatoms. The summed E-state index contributed by atoms with van der Waals surface area (Å²) in [5.41, 5.74) is 7.45. The second kappa shape index (κ2) is 5.71. The molecule has 0 aromatic heterocycles. The number of benzene rings is 1. The van der Waals surface area contributed by atoms with Gasteiger partial charge in [0.25, 0.3) is 0 Å². The lowest BCUT2D eigenvalue weighted by Gasteiger charge is -2.35. The fraction of sp³-hybridized carbons (Fsp3) is 0.462. The monoisotopic (exact) mass is 311 g/mol. The Morgan fingerprint density at radius 1 is 1.61 bits per heavy atom. The second-order valence-corrected chi connectivity index (χ2v) is 5.34. The molecule has 0 bridgehead atoms. The molecule has 1 saturated heterocycles. The van der Waals surface area contributed by atoms with Gasteiger partial charge in [-0.3, -0.25) is 5.41 Å². The highest BCUT2D eigenvalue weighted by molar-refractivity contribution is 9.10. The third-order valence-corrected chi connectivity index (χ3v) is 3.68. The van der Waals surface area contributed by atoms with Crippen LogP contribution in [0.3, 0.4) is 0 Å². The Bertz CT molecular complexity index is 450. The summed E-state index contributed by atoms with van der Waals surface area (Å²) in [5.74, 6) is 0.108. The molecule has 1 fully saturated rings. The summed E-state index contributed by atoms with van der Waals surface area (Å²) in [6.07, 6.45) is 1.26. The average Bonchev–Trinajstić information content (AvgIpc) is 2.38. The van der Waals surface area contributed by atoms with Crippen LogP contribution < -0.4 is 10.6 Å². The third-order valence-electron chi connectivity index (χ3n) is 3.18. The zero-order valence-electron chi connectivity index (χ0n) is 10.4. The number of nitrogens with zero attached hydrogens (tertiary/aromatic N) is 1. The van der Waals surface area contributed by atoms with Crippen LogP contribution in [0.2, 0.25) is 0 Å². The van der Waals surface area contributed by atoms with Crippen molar-refractivity contribution < 1.29 is 4.74 Å². The number of nitrogen functional groups attached to an aromatic ring is 1.